The van der Waals surface area contributed by atoms with Crippen molar-refractivity contribution in [3.05, 3.63) is 203 Å². The third-order valence-electron chi connectivity index (χ3n) is 15.1. The molecule has 2 aliphatic carbocycles. The van der Waals surface area contributed by atoms with Gasteiger partial charge in [-0.25, -0.2) is 0 Å². The molecule has 3 nitrogen and oxygen atoms in total. The number of alkyl halides is 1. The molecule has 0 aliphatic heterocycles. The molecular weight excluding hydrogens is 836 g/mol. The summed E-state index contributed by atoms with van der Waals surface area (Å²) in [5, 5.41) is 7.23. The van der Waals surface area contributed by atoms with Gasteiger partial charge in [-0.3, -0.25) is 0 Å². The minimum atomic E-state index is -0.511. The average molecular weight is 888 g/mol. The van der Waals surface area contributed by atoms with Crippen LogP contribution in [0.1, 0.15) is 80.0 Å². The van der Waals surface area contributed by atoms with Crippen LogP contribution in [0.4, 0.5) is 17.1 Å². The van der Waals surface area contributed by atoms with Crippen LogP contribution in [0.5, 0.6) is 0 Å². The molecule has 1 atom stereocenters. The van der Waals surface area contributed by atoms with Crippen LogP contribution in [0.3, 0.4) is 0 Å². The Bertz CT molecular complexity index is 3880. The van der Waals surface area contributed by atoms with Gasteiger partial charge in [-0.2, -0.15) is 0 Å². The zero-order valence-electron chi connectivity index (χ0n) is 38.9. The van der Waals surface area contributed by atoms with Gasteiger partial charge in [0.1, 0.15) is 11.2 Å². The Kier molecular flexibility index (Phi) is 8.68. The van der Waals surface area contributed by atoms with Crippen molar-refractivity contribution in [1.82, 2.24) is 4.57 Å². The number of aromatic nitrogens is 1. The van der Waals surface area contributed by atoms with Crippen LogP contribution in [0.25, 0.3) is 82.5 Å². The third-order valence-corrected chi connectivity index (χ3v) is 15.6. The number of aryl methyl sites for hydroxylation is 1. The summed E-state index contributed by atoms with van der Waals surface area (Å²) in [6.45, 7) is 13.4. The summed E-state index contributed by atoms with van der Waals surface area (Å²) in [4.78, 5) is 1.86. The van der Waals surface area contributed by atoms with E-state index in [2.05, 4.69) is 215 Å². The molecule has 0 saturated heterocycles. The fraction of sp³-hybridized carbons (Fsp3) is 0.175. The van der Waals surface area contributed by atoms with Gasteiger partial charge in [0, 0.05) is 50.4 Å². The Morgan fingerprint density at radius 1 is 0.522 bits per heavy atom. The van der Waals surface area contributed by atoms with E-state index in [9.17, 15) is 0 Å². The summed E-state index contributed by atoms with van der Waals surface area (Å²) in [7, 11) is 0. The number of rotatable bonds is 6. The fourth-order valence-electron chi connectivity index (χ4n) is 11.3. The summed E-state index contributed by atoms with van der Waals surface area (Å²) < 4.78 is 9.36. The number of para-hydroxylation sites is 1. The molecular formula is C63H51ClN2O. The van der Waals surface area contributed by atoms with Gasteiger partial charge in [0.15, 0.2) is 0 Å². The van der Waals surface area contributed by atoms with E-state index in [-0.39, 0.29) is 5.41 Å². The Balaban J connectivity index is 0.976. The van der Waals surface area contributed by atoms with E-state index >= 15 is 0 Å². The number of benzene rings is 9. The molecule has 11 aromatic rings. The second kappa shape index (κ2) is 14.5. The Morgan fingerprint density at radius 3 is 1.96 bits per heavy atom. The van der Waals surface area contributed by atoms with Crippen molar-refractivity contribution in [3.63, 3.8) is 0 Å². The van der Waals surface area contributed by atoms with Crippen molar-refractivity contribution in [3.8, 4) is 27.9 Å². The molecule has 2 heterocycles. The largest absolute Gasteiger partial charge is 0.456 e. The number of hydrogen-bond acceptors (Lipinski definition) is 2. The lowest BCUT2D eigenvalue weighted by Crippen LogP contribution is -2.17. The molecule has 4 heteroatoms. The van der Waals surface area contributed by atoms with Crippen LogP contribution in [0.15, 0.2) is 168 Å². The van der Waals surface area contributed by atoms with E-state index in [4.69, 9.17) is 16.0 Å². The predicted octanol–water partition coefficient (Wildman–Crippen LogP) is 17.9. The maximum Gasteiger partial charge on any atom is 0.137 e. The van der Waals surface area contributed by atoms with Crippen LogP contribution >= 0.6 is 11.6 Å². The zero-order chi connectivity index (χ0) is 45.5. The normalized spacial score (nSPS) is 14.0. The van der Waals surface area contributed by atoms with Crippen molar-refractivity contribution in [1.29, 1.82) is 0 Å². The van der Waals surface area contributed by atoms with Crippen LogP contribution in [0, 0.1) is 6.92 Å². The predicted molar refractivity (Wildman–Crippen MR) is 284 cm³/mol. The Morgan fingerprint density at radius 2 is 1.18 bits per heavy atom. The summed E-state index contributed by atoms with van der Waals surface area (Å²) in [5.41, 5.74) is 23.1. The highest BCUT2D eigenvalue weighted by atomic mass is 35.5. The SMILES string of the molecule is CCC(C)(Cl)c1cc(-n2c3cc(N(c4ccccc4)c4ccc5c(c4)oc4cc6c(cc45)Cc4cc5c(cc4-6)Cc4cc(C)ccc4-5)ccc3c3c4ccccc4ccc32)cc(C(C)(C)C)c1. The van der Waals surface area contributed by atoms with Crippen LogP contribution in [-0.2, 0) is 23.1 Å². The van der Waals surface area contributed by atoms with E-state index in [0.717, 1.165) is 69.6 Å². The third kappa shape index (κ3) is 6.24. The molecule has 67 heavy (non-hydrogen) atoms. The summed E-state index contributed by atoms with van der Waals surface area (Å²) >= 11 is 7.34. The molecule has 0 N–H and O–H groups in total. The van der Waals surface area contributed by atoms with Gasteiger partial charge in [0.05, 0.1) is 15.9 Å². The highest BCUT2D eigenvalue weighted by Gasteiger charge is 2.29. The second-order valence-electron chi connectivity index (χ2n) is 20.4. The van der Waals surface area contributed by atoms with Crippen LogP contribution in [0.2, 0.25) is 0 Å². The minimum Gasteiger partial charge on any atom is -0.456 e. The van der Waals surface area contributed by atoms with E-state index < -0.39 is 4.87 Å². The van der Waals surface area contributed by atoms with Gasteiger partial charge in [-0.1, -0.05) is 112 Å². The smallest absolute Gasteiger partial charge is 0.137 e. The van der Waals surface area contributed by atoms with E-state index in [1.165, 1.54) is 88.1 Å². The topological polar surface area (TPSA) is 21.3 Å². The number of hydrogen-bond donors (Lipinski definition) is 0. The van der Waals surface area contributed by atoms with Crippen LogP contribution in [-0.4, -0.2) is 4.57 Å². The van der Waals surface area contributed by atoms with Crippen molar-refractivity contribution >= 4 is 83.2 Å². The van der Waals surface area contributed by atoms with Gasteiger partial charge in [0.25, 0.3) is 0 Å². The maximum absolute atomic E-state index is 7.34. The number of furan rings is 1. The van der Waals surface area contributed by atoms with Crippen molar-refractivity contribution in [2.75, 3.05) is 4.90 Å². The second-order valence-corrected chi connectivity index (χ2v) is 21.3. The highest BCUT2D eigenvalue weighted by Crippen LogP contribution is 2.49. The molecule has 326 valence electrons. The zero-order valence-corrected chi connectivity index (χ0v) is 39.6. The molecule has 2 aliphatic rings. The van der Waals surface area contributed by atoms with Crippen molar-refractivity contribution in [2.24, 2.45) is 0 Å². The molecule has 2 aromatic heterocycles. The molecule has 13 rings (SSSR count). The standard InChI is InChI=1S/C63H51ClN2O/c1-7-63(6,64)44-31-43(62(3,4)5)32-48(33-44)66-57-24-18-38-13-11-12-16-50(38)61(57)52-23-20-46(34-58(52)66)65(45-14-9-8-10-15-45)47-19-22-51-56-30-42-27-41-28-53-40(26-39-25-37(2)17-21-49(39)53)29-54(41)55(42)36-60(56)67-59(51)35-47/h8-25,28-36H,7,26-27H2,1-6H3. The van der Waals surface area contributed by atoms with Gasteiger partial charge >= 0.3 is 0 Å². The number of anilines is 3. The molecule has 9 aromatic carbocycles. The van der Waals surface area contributed by atoms with Gasteiger partial charge in [-0.05, 0) is 184 Å². The molecule has 0 saturated carbocycles. The molecule has 0 bridgehead atoms. The number of fused-ring (bicyclic) bond motifs is 14. The summed E-state index contributed by atoms with van der Waals surface area (Å²) in [6.07, 6.45) is 2.74. The van der Waals surface area contributed by atoms with Gasteiger partial charge < -0.3 is 13.9 Å². The van der Waals surface area contributed by atoms with E-state index in [0.29, 0.717) is 0 Å². The molecule has 0 spiro atoms. The first-order valence-electron chi connectivity index (χ1n) is 23.8. The van der Waals surface area contributed by atoms with Crippen molar-refractivity contribution < 1.29 is 4.42 Å². The monoisotopic (exact) mass is 886 g/mol. The molecule has 0 fully saturated rings. The lowest BCUT2D eigenvalue weighted by atomic mass is 9.83. The van der Waals surface area contributed by atoms with Crippen LogP contribution < -0.4 is 4.90 Å². The maximum atomic E-state index is 7.34. The Hall–Kier alpha value is -7.07. The molecule has 0 radical (unpaired) electrons. The lowest BCUT2D eigenvalue weighted by molar-refractivity contribution is 0.583. The average Bonchev–Trinajstić information content (AvgIpc) is 4.07. The first kappa shape index (κ1) is 40.2. The number of halogens is 1. The van der Waals surface area contributed by atoms with E-state index in [1.807, 2.05) is 0 Å². The lowest BCUT2D eigenvalue weighted by Gasteiger charge is -2.27. The fourth-order valence-corrected chi connectivity index (χ4v) is 11.4. The Labute approximate surface area is 396 Å². The quantitative estimate of drug-likeness (QED) is 0.155. The minimum absolute atomic E-state index is 0.0847. The first-order chi connectivity index (χ1) is 32.4. The van der Waals surface area contributed by atoms with Gasteiger partial charge in [0.2, 0.25) is 0 Å². The van der Waals surface area contributed by atoms with Gasteiger partial charge in [-0.15, -0.1) is 11.6 Å². The van der Waals surface area contributed by atoms with Crippen molar-refractivity contribution in [2.45, 2.75) is 71.1 Å². The first-order valence-corrected chi connectivity index (χ1v) is 24.2. The summed E-state index contributed by atoms with van der Waals surface area (Å²) in [6, 6.07) is 61.3. The summed E-state index contributed by atoms with van der Waals surface area (Å²) in [5.74, 6) is 0. The number of nitrogens with zero attached hydrogens (tertiary/aromatic N) is 2. The highest BCUT2D eigenvalue weighted by molar-refractivity contribution is 6.24. The van der Waals surface area contributed by atoms with E-state index in [1.54, 1.807) is 0 Å². The molecule has 1 unspecified atom stereocenters. The molecule has 0 amide bonds.